The number of ether oxygens (including phenoxy) is 1. The molecule has 0 unspecified atom stereocenters. The third kappa shape index (κ3) is 4.78. The van der Waals surface area contributed by atoms with Crippen molar-refractivity contribution in [2.75, 3.05) is 6.61 Å². The van der Waals surface area contributed by atoms with Crippen molar-refractivity contribution >= 4 is 5.97 Å². The molecule has 0 aliphatic heterocycles. The molecule has 1 aromatic rings. The molecule has 0 amide bonds. The number of carboxylic acids is 1. The summed E-state index contributed by atoms with van der Waals surface area (Å²) in [6, 6.07) is 7.77. The SMILES string of the molecule is C=C[C@@H](CC(=O)O)c1ccc(OCC2=CCCC3(CCCCC3)C2)cc1. The number of aliphatic carboxylic acids is 1. The Labute approximate surface area is 156 Å². The molecule has 26 heavy (non-hydrogen) atoms. The van der Waals surface area contributed by atoms with Gasteiger partial charge in [0.1, 0.15) is 12.4 Å². The fourth-order valence-corrected chi connectivity index (χ4v) is 4.58. The minimum Gasteiger partial charge on any atom is -0.489 e. The normalized spacial score (nSPS) is 20.2. The second kappa shape index (κ2) is 8.57. The molecule has 1 aromatic carbocycles. The van der Waals surface area contributed by atoms with Crippen LogP contribution in [0.4, 0.5) is 0 Å². The Morgan fingerprint density at radius 2 is 1.92 bits per heavy atom. The van der Waals surface area contributed by atoms with E-state index in [-0.39, 0.29) is 12.3 Å². The van der Waals surface area contributed by atoms with E-state index in [9.17, 15) is 4.79 Å². The molecule has 1 spiro atoms. The molecule has 2 aliphatic carbocycles. The van der Waals surface area contributed by atoms with Gasteiger partial charge < -0.3 is 9.84 Å². The summed E-state index contributed by atoms with van der Waals surface area (Å²) >= 11 is 0. The van der Waals surface area contributed by atoms with Crippen LogP contribution in [0, 0.1) is 5.41 Å². The van der Waals surface area contributed by atoms with E-state index >= 15 is 0 Å². The molecule has 2 aliphatic rings. The quantitative estimate of drug-likeness (QED) is 0.623. The van der Waals surface area contributed by atoms with E-state index < -0.39 is 5.97 Å². The van der Waals surface area contributed by atoms with E-state index in [1.807, 2.05) is 24.3 Å². The van der Waals surface area contributed by atoms with Crippen LogP contribution in [-0.4, -0.2) is 17.7 Å². The Balaban J connectivity index is 1.55. The first kappa shape index (κ1) is 18.8. The number of hydrogen-bond donors (Lipinski definition) is 1. The van der Waals surface area contributed by atoms with Gasteiger partial charge >= 0.3 is 5.97 Å². The van der Waals surface area contributed by atoms with E-state index in [2.05, 4.69) is 12.7 Å². The smallest absolute Gasteiger partial charge is 0.304 e. The topological polar surface area (TPSA) is 46.5 Å². The lowest BCUT2D eigenvalue weighted by molar-refractivity contribution is -0.137. The number of carbonyl (C=O) groups is 1. The lowest BCUT2D eigenvalue weighted by Gasteiger charge is -2.40. The first-order valence-corrected chi connectivity index (χ1v) is 9.85. The summed E-state index contributed by atoms with van der Waals surface area (Å²) in [5.74, 6) is -0.124. The van der Waals surface area contributed by atoms with Crippen LogP contribution < -0.4 is 4.74 Å². The molecule has 0 radical (unpaired) electrons. The molecule has 0 heterocycles. The van der Waals surface area contributed by atoms with Crippen LogP contribution >= 0.6 is 0 Å². The van der Waals surface area contributed by atoms with Crippen LogP contribution in [0.1, 0.15) is 69.3 Å². The van der Waals surface area contributed by atoms with Crippen molar-refractivity contribution < 1.29 is 14.6 Å². The molecule has 3 nitrogen and oxygen atoms in total. The number of allylic oxidation sites excluding steroid dienone is 2. The molecule has 1 atom stereocenters. The van der Waals surface area contributed by atoms with Crippen molar-refractivity contribution in [3.8, 4) is 5.75 Å². The van der Waals surface area contributed by atoms with E-state index in [0.29, 0.717) is 12.0 Å². The predicted molar refractivity (Wildman–Crippen MR) is 105 cm³/mol. The third-order valence-electron chi connectivity index (χ3n) is 6.04. The molecule has 0 aromatic heterocycles. The van der Waals surface area contributed by atoms with Crippen molar-refractivity contribution in [3.63, 3.8) is 0 Å². The lowest BCUT2D eigenvalue weighted by Crippen LogP contribution is -2.28. The standard InChI is InChI=1S/C23H30O3/c1-2-19(15-22(24)25)20-8-10-21(11-9-20)26-17-18-7-6-14-23(16-18)12-4-3-5-13-23/h2,7-11,19H,1,3-6,12-17H2,(H,24,25)/t19-/m0/s1. The summed E-state index contributed by atoms with van der Waals surface area (Å²) < 4.78 is 6.02. The summed E-state index contributed by atoms with van der Waals surface area (Å²) in [5.41, 5.74) is 2.95. The molecular formula is C23H30O3. The van der Waals surface area contributed by atoms with Crippen molar-refractivity contribution in [2.24, 2.45) is 5.41 Å². The Bertz CT molecular complexity index is 651. The van der Waals surface area contributed by atoms with Crippen LogP contribution in [0.25, 0.3) is 0 Å². The fraction of sp³-hybridized carbons (Fsp3) is 0.522. The number of carboxylic acid groups (broad SMARTS) is 1. The first-order valence-electron chi connectivity index (χ1n) is 9.85. The van der Waals surface area contributed by atoms with Crippen LogP contribution in [0.3, 0.4) is 0 Å². The molecular weight excluding hydrogens is 324 g/mol. The molecule has 1 saturated carbocycles. The summed E-state index contributed by atoms with van der Waals surface area (Å²) in [6.45, 7) is 4.42. The van der Waals surface area contributed by atoms with Gasteiger partial charge in [-0.15, -0.1) is 6.58 Å². The van der Waals surface area contributed by atoms with Crippen molar-refractivity contribution in [1.82, 2.24) is 0 Å². The maximum absolute atomic E-state index is 10.9. The molecule has 0 saturated heterocycles. The average Bonchev–Trinajstić information content (AvgIpc) is 2.65. The van der Waals surface area contributed by atoms with Gasteiger partial charge in [-0.25, -0.2) is 0 Å². The second-order valence-electron chi connectivity index (χ2n) is 7.94. The summed E-state index contributed by atoms with van der Waals surface area (Å²) in [5, 5.41) is 8.99. The monoisotopic (exact) mass is 354 g/mol. The van der Waals surface area contributed by atoms with Crippen LogP contribution in [-0.2, 0) is 4.79 Å². The highest BCUT2D eigenvalue weighted by atomic mass is 16.5. The molecule has 1 fully saturated rings. The summed E-state index contributed by atoms with van der Waals surface area (Å²) in [4.78, 5) is 10.9. The van der Waals surface area contributed by atoms with Gasteiger partial charge in [-0.1, -0.05) is 43.5 Å². The van der Waals surface area contributed by atoms with E-state index in [0.717, 1.165) is 11.3 Å². The number of rotatable bonds is 7. The fourth-order valence-electron chi connectivity index (χ4n) is 4.58. The first-order chi connectivity index (χ1) is 12.6. The van der Waals surface area contributed by atoms with Gasteiger partial charge in [0.2, 0.25) is 0 Å². The van der Waals surface area contributed by atoms with Gasteiger partial charge in [0.25, 0.3) is 0 Å². The van der Waals surface area contributed by atoms with Crippen LogP contribution in [0.5, 0.6) is 5.75 Å². The maximum atomic E-state index is 10.9. The van der Waals surface area contributed by atoms with Gasteiger partial charge in [0.15, 0.2) is 0 Å². The zero-order valence-corrected chi connectivity index (χ0v) is 15.6. The maximum Gasteiger partial charge on any atom is 0.304 e. The zero-order chi connectivity index (χ0) is 18.4. The zero-order valence-electron chi connectivity index (χ0n) is 15.6. The van der Waals surface area contributed by atoms with Crippen LogP contribution in [0.2, 0.25) is 0 Å². The molecule has 1 N–H and O–H groups in total. The van der Waals surface area contributed by atoms with Crippen LogP contribution in [0.15, 0.2) is 48.6 Å². The minimum atomic E-state index is -0.809. The van der Waals surface area contributed by atoms with Crippen molar-refractivity contribution in [2.45, 2.75) is 63.7 Å². The Hall–Kier alpha value is -2.03. The summed E-state index contributed by atoms with van der Waals surface area (Å²) in [6.07, 6.45) is 14.8. The van der Waals surface area contributed by atoms with Crippen molar-refractivity contribution in [1.29, 1.82) is 0 Å². The summed E-state index contributed by atoms with van der Waals surface area (Å²) in [7, 11) is 0. The van der Waals surface area contributed by atoms with Crippen molar-refractivity contribution in [3.05, 3.63) is 54.1 Å². The molecule has 3 rings (SSSR count). The number of benzene rings is 1. The highest BCUT2D eigenvalue weighted by Gasteiger charge is 2.34. The highest BCUT2D eigenvalue weighted by Crippen LogP contribution is 2.47. The van der Waals surface area contributed by atoms with Gasteiger partial charge in [0, 0.05) is 5.92 Å². The Morgan fingerprint density at radius 1 is 1.19 bits per heavy atom. The lowest BCUT2D eigenvalue weighted by atomic mass is 9.65. The van der Waals surface area contributed by atoms with E-state index in [4.69, 9.17) is 9.84 Å². The highest BCUT2D eigenvalue weighted by molar-refractivity contribution is 5.68. The third-order valence-corrected chi connectivity index (χ3v) is 6.04. The van der Waals surface area contributed by atoms with Gasteiger partial charge in [-0.2, -0.15) is 0 Å². The second-order valence-corrected chi connectivity index (χ2v) is 7.94. The van der Waals surface area contributed by atoms with Gasteiger partial charge in [-0.05, 0) is 60.8 Å². The van der Waals surface area contributed by atoms with Gasteiger partial charge in [0.05, 0.1) is 6.42 Å². The minimum absolute atomic E-state index is 0.0681. The van der Waals surface area contributed by atoms with E-state index in [1.165, 1.54) is 56.9 Å². The molecule has 140 valence electrons. The Kier molecular flexibility index (Phi) is 6.18. The largest absolute Gasteiger partial charge is 0.489 e. The van der Waals surface area contributed by atoms with E-state index in [1.54, 1.807) is 6.08 Å². The number of hydrogen-bond acceptors (Lipinski definition) is 2. The predicted octanol–water partition coefficient (Wildman–Crippen LogP) is 5.87. The molecule has 3 heteroatoms. The molecule has 0 bridgehead atoms. The van der Waals surface area contributed by atoms with Gasteiger partial charge in [-0.3, -0.25) is 4.79 Å². The average molecular weight is 354 g/mol. The Morgan fingerprint density at radius 3 is 2.58 bits per heavy atom.